The Hall–Kier alpha value is -3.16. The highest BCUT2D eigenvalue weighted by Crippen LogP contribution is 2.31. The number of amides is 1. The van der Waals surface area contributed by atoms with Crippen LogP contribution in [0.1, 0.15) is 18.5 Å². The first-order valence-corrected chi connectivity index (χ1v) is 12.0. The molecule has 4 aromatic rings. The van der Waals surface area contributed by atoms with Crippen LogP contribution in [0.3, 0.4) is 0 Å². The number of para-hydroxylation sites is 1. The molecular formula is C24H25N3O3S. The number of nitrogens with one attached hydrogen (secondary N) is 1. The van der Waals surface area contributed by atoms with E-state index < -0.39 is 22.0 Å². The lowest BCUT2D eigenvalue weighted by atomic mass is 10.1. The molecule has 0 saturated heterocycles. The minimum absolute atomic E-state index is 0.405. The predicted octanol–water partition coefficient (Wildman–Crippen LogP) is 4.39. The molecule has 0 aliphatic heterocycles. The van der Waals surface area contributed by atoms with E-state index in [-0.39, 0.29) is 0 Å². The number of fused-ring (bicyclic) bond motifs is 3. The van der Waals surface area contributed by atoms with Gasteiger partial charge in [0, 0.05) is 41.1 Å². The highest BCUT2D eigenvalue weighted by molar-refractivity contribution is 7.88. The molecule has 0 unspecified atom stereocenters. The van der Waals surface area contributed by atoms with Gasteiger partial charge in [-0.3, -0.25) is 4.79 Å². The third-order valence-corrected chi connectivity index (χ3v) is 6.86. The fourth-order valence-electron chi connectivity index (χ4n) is 4.04. The van der Waals surface area contributed by atoms with E-state index in [2.05, 4.69) is 28.9 Å². The summed E-state index contributed by atoms with van der Waals surface area (Å²) in [5.74, 6) is -0.405. The van der Waals surface area contributed by atoms with E-state index >= 15 is 0 Å². The van der Waals surface area contributed by atoms with Crippen molar-refractivity contribution in [3.63, 3.8) is 0 Å². The Bertz CT molecular complexity index is 1360. The fraction of sp³-hybridized carbons (Fsp3) is 0.208. The van der Waals surface area contributed by atoms with Crippen LogP contribution in [0.25, 0.3) is 21.8 Å². The fourth-order valence-corrected chi connectivity index (χ4v) is 4.64. The topological polar surface area (TPSA) is 71.4 Å². The highest BCUT2D eigenvalue weighted by atomic mass is 32.2. The number of hydrogen-bond donors (Lipinski definition) is 1. The summed E-state index contributed by atoms with van der Waals surface area (Å²) >= 11 is 0. The Labute approximate surface area is 182 Å². The first kappa shape index (κ1) is 21.1. The number of nitrogens with zero attached hydrogens (tertiary/aromatic N) is 2. The quantitative estimate of drug-likeness (QED) is 0.488. The number of rotatable bonds is 6. The number of likely N-dealkylation sites (N-methyl/N-ethyl adjacent to an activating group) is 1. The Morgan fingerprint density at radius 3 is 2.29 bits per heavy atom. The maximum Gasteiger partial charge on any atom is 0.247 e. The molecule has 7 heteroatoms. The van der Waals surface area contributed by atoms with Crippen molar-refractivity contribution in [3.05, 3.63) is 78.4 Å². The monoisotopic (exact) mass is 435 g/mol. The van der Waals surface area contributed by atoms with Crippen LogP contribution in [-0.2, 0) is 21.4 Å². The van der Waals surface area contributed by atoms with E-state index in [1.165, 1.54) is 7.05 Å². The Morgan fingerprint density at radius 1 is 0.968 bits per heavy atom. The standard InChI is InChI=1S/C24H25N3O3S/c1-4-27-21-13-9-8-12-19(21)20-16-18(14-15-22(20)27)25-24(28)23(26(2)31(3,29)30)17-10-6-5-7-11-17/h5-16,23H,4H2,1-3H3,(H,25,28)/t23-/m0/s1. The van der Waals surface area contributed by atoms with Gasteiger partial charge in [-0.2, -0.15) is 4.31 Å². The zero-order valence-electron chi connectivity index (χ0n) is 17.7. The number of aromatic nitrogens is 1. The summed E-state index contributed by atoms with van der Waals surface area (Å²) in [4.78, 5) is 13.2. The number of hydrogen-bond acceptors (Lipinski definition) is 3. The Kier molecular flexibility index (Phi) is 5.56. The molecule has 0 radical (unpaired) electrons. The Balaban J connectivity index is 1.74. The van der Waals surface area contributed by atoms with Gasteiger partial charge in [-0.15, -0.1) is 0 Å². The number of carbonyl (C=O) groups excluding carboxylic acids is 1. The van der Waals surface area contributed by atoms with E-state index in [0.29, 0.717) is 11.3 Å². The first-order chi connectivity index (χ1) is 14.8. The summed E-state index contributed by atoms with van der Waals surface area (Å²) in [5, 5.41) is 5.08. The molecule has 1 N–H and O–H groups in total. The molecule has 0 fully saturated rings. The van der Waals surface area contributed by atoms with Crippen LogP contribution in [0.15, 0.2) is 72.8 Å². The van der Waals surface area contributed by atoms with Crippen molar-refractivity contribution in [1.29, 1.82) is 0 Å². The van der Waals surface area contributed by atoms with Crippen LogP contribution >= 0.6 is 0 Å². The van der Waals surface area contributed by atoms with Crippen LogP contribution < -0.4 is 5.32 Å². The molecule has 1 heterocycles. The lowest BCUT2D eigenvalue weighted by Crippen LogP contribution is -2.38. The molecular weight excluding hydrogens is 410 g/mol. The van der Waals surface area contributed by atoms with E-state index in [0.717, 1.165) is 38.9 Å². The van der Waals surface area contributed by atoms with Gasteiger partial charge in [0.25, 0.3) is 0 Å². The second kappa shape index (κ2) is 8.17. The summed E-state index contributed by atoms with van der Waals surface area (Å²) in [6.45, 7) is 2.94. The molecule has 1 amide bonds. The smallest absolute Gasteiger partial charge is 0.247 e. The van der Waals surface area contributed by atoms with E-state index in [1.54, 1.807) is 24.3 Å². The van der Waals surface area contributed by atoms with Gasteiger partial charge in [0.1, 0.15) is 6.04 Å². The van der Waals surface area contributed by atoms with Crippen molar-refractivity contribution in [3.8, 4) is 0 Å². The van der Waals surface area contributed by atoms with Crippen LogP contribution in [0.2, 0.25) is 0 Å². The number of carbonyl (C=O) groups is 1. The zero-order chi connectivity index (χ0) is 22.2. The van der Waals surface area contributed by atoms with Gasteiger partial charge in [-0.05, 0) is 36.8 Å². The summed E-state index contributed by atoms with van der Waals surface area (Å²) in [6.07, 6.45) is 1.10. The molecule has 0 spiro atoms. The molecule has 1 atom stereocenters. The molecule has 0 aliphatic rings. The highest BCUT2D eigenvalue weighted by Gasteiger charge is 2.30. The summed E-state index contributed by atoms with van der Waals surface area (Å²) in [7, 11) is -2.16. The second-order valence-electron chi connectivity index (χ2n) is 7.58. The van der Waals surface area contributed by atoms with Crippen molar-refractivity contribution in [2.24, 2.45) is 0 Å². The van der Waals surface area contributed by atoms with Gasteiger partial charge in [0.05, 0.1) is 6.26 Å². The van der Waals surface area contributed by atoms with Gasteiger partial charge in [0.15, 0.2) is 0 Å². The van der Waals surface area contributed by atoms with Crippen LogP contribution in [0.5, 0.6) is 0 Å². The summed E-state index contributed by atoms with van der Waals surface area (Å²) < 4.78 is 27.7. The van der Waals surface area contributed by atoms with E-state index in [1.807, 2.05) is 36.4 Å². The van der Waals surface area contributed by atoms with Gasteiger partial charge in [-0.1, -0.05) is 48.5 Å². The minimum Gasteiger partial charge on any atom is -0.341 e. The number of benzene rings is 3. The largest absolute Gasteiger partial charge is 0.341 e. The van der Waals surface area contributed by atoms with Crippen molar-refractivity contribution >= 4 is 43.4 Å². The molecule has 31 heavy (non-hydrogen) atoms. The van der Waals surface area contributed by atoms with Crippen molar-refractivity contribution < 1.29 is 13.2 Å². The third kappa shape index (κ3) is 3.94. The normalized spacial score (nSPS) is 13.0. The molecule has 3 aromatic carbocycles. The number of anilines is 1. The van der Waals surface area contributed by atoms with Gasteiger partial charge in [0.2, 0.25) is 15.9 Å². The maximum atomic E-state index is 13.2. The first-order valence-electron chi connectivity index (χ1n) is 10.1. The van der Waals surface area contributed by atoms with Crippen LogP contribution in [0.4, 0.5) is 5.69 Å². The van der Waals surface area contributed by atoms with Crippen molar-refractivity contribution in [2.45, 2.75) is 19.5 Å². The summed E-state index contributed by atoms with van der Waals surface area (Å²) in [6, 6.07) is 21.9. The van der Waals surface area contributed by atoms with Gasteiger partial charge >= 0.3 is 0 Å². The molecule has 160 valence electrons. The van der Waals surface area contributed by atoms with E-state index in [9.17, 15) is 13.2 Å². The maximum absolute atomic E-state index is 13.2. The van der Waals surface area contributed by atoms with E-state index in [4.69, 9.17) is 0 Å². The summed E-state index contributed by atoms with van der Waals surface area (Å²) in [5.41, 5.74) is 3.47. The lowest BCUT2D eigenvalue weighted by Gasteiger charge is -2.25. The average molecular weight is 436 g/mol. The van der Waals surface area contributed by atoms with Crippen LogP contribution in [0, 0.1) is 0 Å². The SMILES string of the molecule is CCn1c2ccccc2c2cc(NC(=O)[C@H](c3ccccc3)N(C)S(C)(=O)=O)ccc21. The molecule has 0 bridgehead atoms. The number of aryl methyl sites for hydroxylation is 1. The van der Waals surface area contributed by atoms with Crippen molar-refractivity contribution in [2.75, 3.05) is 18.6 Å². The van der Waals surface area contributed by atoms with Gasteiger partial charge in [-0.25, -0.2) is 8.42 Å². The molecule has 4 rings (SSSR count). The van der Waals surface area contributed by atoms with Crippen molar-refractivity contribution in [1.82, 2.24) is 8.87 Å². The number of sulfonamides is 1. The Morgan fingerprint density at radius 2 is 1.61 bits per heavy atom. The molecule has 1 aromatic heterocycles. The average Bonchev–Trinajstić information content (AvgIpc) is 3.07. The van der Waals surface area contributed by atoms with Gasteiger partial charge < -0.3 is 9.88 Å². The molecule has 0 aliphatic carbocycles. The second-order valence-corrected chi connectivity index (χ2v) is 9.62. The molecule has 6 nitrogen and oxygen atoms in total. The lowest BCUT2D eigenvalue weighted by molar-refractivity contribution is -0.119. The third-order valence-electron chi connectivity index (χ3n) is 5.61. The zero-order valence-corrected chi connectivity index (χ0v) is 18.6. The molecule has 0 saturated carbocycles. The van der Waals surface area contributed by atoms with Crippen LogP contribution in [-0.4, -0.2) is 36.5 Å². The minimum atomic E-state index is -3.58. The predicted molar refractivity (Wildman–Crippen MR) is 126 cm³/mol.